The van der Waals surface area contributed by atoms with E-state index in [1.165, 1.54) is 25.3 Å². The molecule has 0 bridgehead atoms. The van der Waals surface area contributed by atoms with Crippen molar-refractivity contribution in [2.45, 2.75) is 46.1 Å². The average molecular weight is 403 g/mol. The molecular weight excluding hydrogens is 376 g/mol. The summed E-state index contributed by atoms with van der Waals surface area (Å²) in [6.07, 6.45) is 3.00. The van der Waals surface area contributed by atoms with Crippen molar-refractivity contribution >= 4 is 17.7 Å². The molecule has 1 N–H and O–H groups in total. The van der Waals surface area contributed by atoms with Gasteiger partial charge in [0, 0.05) is 11.8 Å². The lowest BCUT2D eigenvalue weighted by Crippen LogP contribution is -2.13. The molecule has 4 nitrogen and oxygen atoms in total. The van der Waals surface area contributed by atoms with Crippen LogP contribution in [0.2, 0.25) is 0 Å². The minimum atomic E-state index is -2.94. The number of ether oxygens (including phenoxy) is 2. The Balaban J connectivity index is 2.23. The van der Waals surface area contributed by atoms with E-state index in [4.69, 9.17) is 4.74 Å². The van der Waals surface area contributed by atoms with Gasteiger partial charge in [-0.25, -0.2) is 0 Å². The number of carbonyl (C=O) groups is 1. The molecule has 0 aromatic heterocycles. The molecule has 0 aliphatic heterocycles. The number of methoxy groups -OCH3 is 1. The third-order valence-corrected chi connectivity index (χ3v) is 4.45. The molecule has 6 heteroatoms. The number of nitrogens with one attached hydrogen (secondary N) is 1. The van der Waals surface area contributed by atoms with Gasteiger partial charge in [-0.2, -0.15) is 8.78 Å². The number of para-hydroxylation sites is 1. The molecule has 0 heterocycles. The fourth-order valence-electron chi connectivity index (χ4n) is 3.01. The van der Waals surface area contributed by atoms with E-state index in [9.17, 15) is 13.6 Å². The Morgan fingerprint density at radius 3 is 2.14 bits per heavy atom. The highest BCUT2D eigenvalue weighted by Gasteiger charge is 2.15. The van der Waals surface area contributed by atoms with Gasteiger partial charge in [0.05, 0.1) is 7.11 Å². The van der Waals surface area contributed by atoms with Gasteiger partial charge in [0.15, 0.2) is 11.5 Å². The summed E-state index contributed by atoms with van der Waals surface area (Å²) >= 11 is 0. The van der Waals surface area contributed by atoms with Crippen LogP contribution >= 0.6 is 0 Å². The minimum absolute atomic E-state index is 0.0588. The summed E-state index contributed by atoms with van der Waals surface area (Å²) in [7, 11) is 1.37. The van der Waals surface area contributed by atoms with Crippen LogP contribution in [-0.2, 0) is 4.79 Å². The molecule has 0 aliphatic rings. The molecule has 0 saturated heterocycles. The summed E-state index contributed by atoms with van der Waals surface area (Å²) in [5.74, 6) is 0.364. The highest BCUT2D eigenvalue weighted by Crippen LogP contribution is 2.33. The first-order chi connectivity index (χ1) is 13.7. The molecule has 0 saturated carbocycles. The number of amides is 1. The van der Waals surface area contributed by atoms with Crippen LogP contribution in [0, 0.1) is 0 Å². The fourth-order valence-corrected chi connectivity index (χ4v) is 3.01. The van der Waals surface area contributed by atoms with Gasteiger partial charge in [-0.1, -0.05) is 52.0 Å². The Morgan fingerprint density at radius 2 is 1.62 bits per heavy atom. The summed E-state index contributed by atoms with van der Waals surface area (Å²) in [5, 5.41) is 3.00. The molecule has 29 heavy (non-hydrogen) atoms. The number of hydrogen-bond acceptors (Lipinski definition) is 3. The van der Waals surface area contributed by atoms with E-state index in [1.54, 1.807) is 12.1 Å². The predicted molar refractivity (Wildman–Crippen MR) is 112 cm³/mol. The number of benzene rings is 2. The number of hydrogen-bond donors (Lipinski definition) is 1. The Labute approximate surface area is 170 Å². The van der Waals surface area contributed by atoms with Crippen LogP contribution in [0.25, 0.3) is 6.08 Å². The average Bonchev–Trinajstić information content (AvgIpc) is 2.66. The summed E-state index contributed by atoms with van der Waals surface area (Å²) in [5.41, 5.74) is 3.62. The van der Waals surface area contributed by atoms with Crippen molar-refractivity contribution in [3.05, 3.63) is 59.2 Å². The highest BCUT2D eigenvalue weighted by molar-refractivity contribution is 6.03. The normalized spacial score (nSPS) is 11.5. The number of anilines is 1. The summed E-state index contributed by atoms with van der Waals surface area (Å²) in [4.78, 5) is 12.5. The number of rotatable bonds is 8. The van der Waals surface area contributed by atoms with E-state index < -0.39 is 6.61 Å². The van der Waals surface area contributed by atoms with Gasteiger partial charge in [-0.05, 0) is 46.7 Å². The van der Waals surface area contributed by atoms with Gasteiger partial charge in [0.25, 0.3) is 0 Å². The van der Waals surface area contributed by atoms with Crippen molar-refractivity contribution in [1.82, 2.24) is 0 Å². The van der Waals surface area contributed by atoms with Crippen LogP contribution < -0.4 is 14.8 Å². The van der Waals surface area contributed by atoms with E-state index in [2.05, 4.69) is 37.7 Å². The molecule has 2 aromatic carbocycles. The Hall–Kier alpha value is -2.89. The molecule has 0 fully saturated rings. The topological polar surface area (TPSA) is 47.6 Å². The van der Waals surface area contributed by atoms with Crippen LogP contribution in [0.1, 0.15) is 56.2 Å². The molecule has 0 radical (unpaired) electrons. The lowest BCUT2D eigenvalue weighted by atomic mass is 9.92. The zero-order chi connectivity index (χ0) is 21.6. The third-order valence-electron chi connectivity index (χ3n) is 4.45. The molecule has 156 valence electrons. The Morgan fingerprint density at radius 1 is 1.00 bits per heavy atom. The van der Waals surface area contributed by atoms with E-state index in [0.29, 0.717) is 5.56 Å². The van der Waals surface area contributed by atoms with E-state index in [1.807, 2.05) is 18.2 Å². The van der Waals surface area contributed by atoms with Crippen molar-refractivity contribution < 1.29 is 23.0 Å². The fraction of sp³-hybridized carbons (Fsp3) is 0.348. The van der Waals surface area contributed by atoms with Crippen molar-refractivity contribution in [1.29, 1.82) is 0 Å². The highest BCUT2D eigenvalue weighted by atomic mass is 19.3. The van der Waals surface area contributed by atoms with E-state index in [0.717, 1.165) is 16.8 Å². The lowest BCUT2D eigenvalue weighted by Gasteiger charge is -2.19. The number of carbonyl (C=O) groups excluding carboxylic acids is 1. The SMILES string of the molecule is COc1cc(C=CC(=O)Nc2c(C(C)C)cccc2C(C)C)ccc1OC(F)F. The smallest absolute Gasteiger partial charge is 0.387 e. The van der Waals surface area contributed by atoms with E-state index >= 15 is 0 Å². The lowest BCUT2D eigenvalue weighted by molar-refractivity contribution is -0.111. The van der Waals surface area contributed by atoms with Crippen LogP contribution in [-0.4, -0.2) is 19.6 Å². The summed E-state index contributed by atoms with van der Waals surface area (Å²) < 4.78 is 34.4. The molecule has 1 amide bonds. The maximum atomic E-state index is 12.5. The minimum Gasteiger partial charge on any atom is -0.493 e. The second-order valence-electron chi connectivity index (χ2n) is 7.23. The summed E-state index contributed by atoms with van der Waals surface area (Å²) in [6, 6.07) is 10.5. The van der Waals surface area contributed by atoms with Crippen LogP contribution in [0.15, 0.2) is 42.5 Å². The maximum absolute atomic E-state index is 12.5. The Bertz CT molecular complexity index is 850. The molecule has 0 spiro atoms. The molecule has 0 atom stereocenters. The Kier molecular flexibility index (Phi) is 7.76. The first-order valence-corrected chi connectivity index (χ1v) is 9.47. The van der Waals surface area contributed by atoms with Crippen molar-refractivity contribution in [2.75, 3.05) is 12.4 Å². The van der Waals surface area contributed by atoms with Gasteiger partial charge >= 0.3 is 6.61 Å². The quantitative estimate of drug-likeness (QED) is 0.534. The van der Waals surface area contributed by atoms with E-state index in [-0.39, 0.29) is 29.2 Å². The molecular formula is C23H27F2NO3. The summed E-state index contributed by atoms with van der Waals surface area (Å²) in [6.45, 7) is 5.40. The monoisotopic (exact) mass is 403 g/mol. The van der Waals surface area contributed by atoms with Gasteiger partial charge in [-0.15, -0.1) is 0 Å². The zero-order valence-corrected chi connectivity index (χ0v) is 17.3. The van der Waals surface area contributed by atoms with Crippen LogP contribution in [0.5, 0.6) is 11.5 Å². The molecule has 0 unspecified atom stereocenters. The maximum Gasteiger partial charge on any atom is 0.387 e. The van der Waals surface area contributed by atoms with Crippen molar-refractivity contribution in [3.63, 3.8) is 0 Å². The van der Waals surface area contributed by atoms with Gasteiger partial charge in [0.2, 0.25) is 5.91 Å². The van der Waals surface area contributed by atoms with Crippen molar-refractivity contribution in [2.24, 2.45) is 0 Å². The van der Waals surface area contributed by atoms with Gasteiger partial charge in [0.1, 0.15) is 0 Å². The molecule has 2 rings (SSSR count). The molecule has 0 aliphatic carbocycles. The standard InChI is InChI=1S/C23H27F2NO3/c1-14(2)17-7-6-8-18(15(3)4)22(17)26-21(27)12-10-16-9-11-19(29-23(24)25)20(13-16)28-5/h6-15,23H,1-5H3,(H,26,27). The van der Waals surface area contributed by atoms with Crippen LogP contribution in [0.4, 0.5) is 14.5 Å². The first-order valence-electron chi connectivity index (χ1n) is 9.47. The number of alkyl halides is 2. The van der Waals surface area contributed by atoms with Crippen molar-refractivity contribution in [3.8, 4) is 11.5 Å². The first kappa shape index (κ1) is 22.4. The second kappa shape index (κ2) is 10.0. The van der Waals surface area contributed by atoms with Crippen LogP contribution in [0.3, 0.4) is 0 Å². The van der Waals surface area contributed by atoms with Gasteiger partial charge < -0.3 is 14.8 Å². The second-order valence-corrected chi connectivity index (χ2v) is 7.23. The largest absolute Gasteiger partial charge is 0.493 e. The predicted octanol–water partition coefficient (Wildman–Crippen LogP) is 6.20. The van der Waals surface area contributed by atoms with Gasteiger partial charge in [-0.3, -0.25) is 4.79 Å². The third kappa shape index (κ3) is 6.04. The zero-order valence-electron chi connectivity index (χ0n) is 17.3. The number of halogens is 2. The molecule has 2 aromatic rings.